The zero-order chi connectivity index (χ0) is 18.2. The first-order valence-electron chi connectivity index (χ1n) is 8.55. The predicted molar refractivity (Wildman–Crippen MR) is 99.4 cm³/mol. The standard InChI is InChI=1S/C20H27N3O2/c1-14(2)19(20-15(3)6-5-11-21-20)23-13-18(24)22-12-16-7-9-17(25-4)10-8-16/h5-11,14,19,23H,12-13H2,1-4H3,(H,22,24)/t19-/m0/s1. The van der Waals surface area contributed by atoms with Crippen LogP contribution in [0.15, 0.2) is 42.6 Å². The molecule has 1 heterocycles. The summed E-state index contributed by atoms with van der Waals surface area (Å²) < 4.78 is 5.13. The monoisotopic (exact) mass is 341 g/mol. The molecule has 134 valence electrons. The van der Waals surface area contributed by atoms with E-state index in [1.165, 1.54) is 0 Å². The predicted octanol–water partition coefficient (Wildman–Crippen LogP) is 3.00. The Hall–Kier alpha value is -2.40. The molecule has 0 aliphatic carbocycles. The zero-order valence-electron chi connectivity index (χ0n) is 15.4. The van der Waals surface area contributed by atoms with Crippen LogP contribution in [0.1, 0.15) is 36.7 Å². The molecule has 0 bridgehead atoms. The van der Waals surface area contributed by atoms with Crippen molar-refractivity contribution in [2.75, 3.05) is 13.7 Å². The van der Waals surface area contributed by atoms with E-state index in [0.717, 1.165) is 22.6 Å². The first kappa shape index (κ1) is 18.9. The van der Waals surface area contributed by atoms with Gasteiger partial charge in [-0.1, -0.05) is 32.0 Å². The molecule has 0 aliphatic heterocycles. The Balaban J connectivity index is 1.87. The van der Waals surface area contributed by atoms with E-state index in [-0.39, 0.29) is 18.5 Å². The summed E-state index contributed by atoms with van der Waals surface area (Å²) in [5, 5.41) is 6.27. The van der Waals surface area contributed by atoms with E-state index in [9.17, 15) is 4.79 Å². The number of amides is 1. The van der Waals surface area contributed by atoms with Crippen LogP contribution >= 0.6 is 0 Å². The van der Waals surface area contributed by atoms with Crippen molar-refractivity contribution in [1.29, 1.82) is 0 Å². The molecule has 0 fully saturated rings. The molecule has 1 aromatic heterocycles. The lowest BCUT2D eigenvalue weighted by molar-refractivity contribution is -0.120. The van der Waals surface area contributed by atoms with Crippen molar-refractivity contribution in [2.45, 2.75) is 33.4 Å². The molecule has 5 nitrogen and oxygen atoms in total. The van der Waals surface area contributed by atoms with Crippen LogP contribution in [-0.2, 0) is 11.3 Å². The fraction of sp³-hybridized carbons (Fsp3) is 0.400. The molecule has 1 aromatic carbocycles. The maximum atomic E-state index is 12.2. The third-order valence-electron chi connectivity index (χ3n) is 4.14. The van der Waals surface area contributed by atoms with Crippen LogP contribution in [0, 0.1) is 12.8 Å². The molecule has 2 N–H and O–H groups in total. The average Bonchev–Trinajstić information content (AvgIpc) is 2.61. The van der Waals surface area contributed by atoms with E-state index >= 15 is 0 Å². The number of aryl methyl sites for hydroxylation is 1. The fourth-order valence-electron chi connectivity index (χ4n) is 2.68. The highest BCUT2D eigenvalue weighted by Crippen LogP contribution is 2.22. The van der Waals surface area contributed by atoms with Gasteiger partial charge >= 0.3 is 0 Å². The number of ether oxygens (including phenoxy) is 1. The van der Waals surface area contributed by atoms with Gasteiger partial charge in [0.15, 0.2) is 0 Å². The first-order valence-corrected chi connectivity index (χ1v) is 8.55. The number of aromatic nitrogens is 1. The number of carbonyl (C=O) groups is 1. The van der Waals surface area contributed by atoms with Crippen molar-refractivity contribution in [3.8, 4) is 5.75 Å². The quantitative estimate of drug-likeness (QED) is 0.775. The number of rotatable bonds is 8. The molecule has 1 amide bonds. The Bertz CT molecular complexity index is 684. The maximum absolute atomic E-state index is 12.2. The van der Waals surface area contributed by atoms with Gasteiger partial charge in [-0.2, -0.15) is 0 Å². The average molecular weight is 341 g/mol. The maximum Gasteiger partial charge on any atom is 0.234 e. The van der Waals surface area contributed by atoms with Gasteiger partial charge in [-0.3, -0.25) is 15.1 Å². The number of carbonyl (C=O) groups excluding carboxylic acids is 1. The highest BCUT2D eigenvalue weighted by molar-refractivity contribution is 5.78. The molecule has 0 spiro atoms. The molecule has 0 aliphatic rings. The van der Waals surface area contributed by atoms with E-state index in [2.05, 4.69) is 29.5 Å². The number of pyridine rings is 1. The first-order chi connectivity index (χ1) is 12.0. The summed E-state index contributed by atoms with van der Waals surface area (Å²) in [7, 11) is 1.64. The minimum absolute atomic E-state index is 0.0324. The van der Waals surface area contributed by atoms with E-state index in [1.54, 1.807) is 13.3 Å². The summed E-state index contributed by atoms with van der Waals surface area (Å²) in [6.45, 7) is 7.06. The van der Waals surface area contributed by atoms with Gasteiger partial charge < -0.3 is 10.1 Å². The van der Waals surface area contributed by atoms with Gasteiger partial charge in [0.25, 0.3) is 0 Å². The second kappa shape index (κ2) is 9.18. The van der Waals surface area contributed by atoms with Crippen LogP contribution < -0.4 is 15.4 Å². The number of methoxy groups -OCH3 is 1. The molecule has 2 rings (SSSR count). The highest BCUT2D eigenvalue weighted by Gasteiger charge is 2.19. The molecule has 0 unspecified atom stereocenters. The van der Waals surface area contributed by atoms with Crippen molar-refractivity contribution in [2.24, 2.45) is 5.92 Å². The molecule has 0 radical (unpaired) electrons. The van der Waals surface area contributed by atoms with Crippen LogP contribution in [0.5, 0.6) is 5.75 Å². The van der Waals surface area contributed by atoms with Gasteiger partial charge in [-0.15, -0.1) is 0 Å². The number of nitrogens with zero attached hydrogens (tertiary/aromatic N) is 1. The Morgan fingerprint density at radius 3 is 2.52 bits per heavy atom. The Labute approximate surface area is 149 Å². The summed E-state index contributed by atoms with van der Waals surface area (Å²) in [5.41, 5.74) is 3.17. The van der Waals surface area contributed by atoms with Crippen molar-refractivity contribution in [1.82, 2.24) is 15.6 Å². The second-order valence-corrected chi connectivity index (χ2v) is 6.43. The SMILES string of the molecule is COc1ccc(CNC(=O)CN[C@H](c2ncccc2C)C(C)C)cc1. The Morgan fingerprint density at radius 1 is 1.20 bits per heavy atom. The van der Waals surface area contributed by atoms with Crippen LogP contribution in [0.25, 0.3) is 0 Å². The normalized spacial score (nSPS) is 12.0. The van der Waals surface area contributed by atoms with Crippen LogP contribution in [0.4, 0.5) is 0 Å². The molecule has 1 atom stereocenters. The summed E-state index contributed by atoms with van der Waals surface area (Å²) in [6.07, 6.45) is 1.79. The van der Waals surface area contributed by atoms with E-state index in [0.29, 0.717) is 12.5 Å². The summed E-state index contributed by atoms with van der Waals surface area (Å²) in [4.78, 5) is 16.6. The van der Waals surface area contributed by atoms with Gasteiger partial charge in [0.05, 0.1) is 25.4 Å². The molecule has 0 saturated carbocycles. The topological polar surface area (TPSA) is 63.2 Å². The number of nitrogens with one attached hydrogen (secondary N) is 2. The summed E-state index contributed by atoms with van der Waals surface area (Å²) in [6, 6.07) is 11.7. The third kappa shape index (κ3) is 5.57. The molecule has 25 heavy (non-hydrogen) atoms. The van der Waals surface area contributed by atoms with E-state index in [1.807, 2.05) is 43.3 Å². The van der Waals surface area contributed by atoms with Crippen molar-refractivity contribution in [3.05, 3.63) is 59.4 Å². The summed E-state index contributed by atoms with van der Waals surface area (Å²) in [5.74, 6) is 1.11. The third-order valence-corrected chi connectivity index (χ3v) is 4.14. The molecule has 0 saturated heterocycles. The van der Waals surface area contributed by atoms with Crippen molar-refractivity contribution < 1.29 is 9.53 Å². The molecule has 2 aromatic rings. The Morgan fingerprint density at radius 2 is 1.92 bits per heavy atom. The van der Waals surface area contributed by atoms with Gasteiger partial charge in [0, 0.05) is 12.7 Å². The number of benzene rings is 1. The smallest absolute Gasteiger partial charge is 0.234 e. The molecule has 5 heteroatoms. The fourth-order valence-corrected chi connectivity index (χ4v) is 2.68. The van der Waals surface area contributed by atoms with Gasteiger partial charge in [-0.25, -0.2) is 0 Å². The lowest BCUT2D eigenvalue weighted by Crippen LogP contribution is -2.37. The number of hydrogen-bond acceptors (Lipinski definition) is 4. The highest BCUT2D eigenvalue weighted by atomic mass is 16.5. The second-order valence-electron chi connectivity index (χ2n) is 6.43. The minimum atomic E-state index is -0.0324. The lowest BCUT2D eigenvalue weighted by atomic mass is 9.97. The zero-order valence-corrected chi connectivity index (χ0v) is 15.4. The van der Waals surface area contributed by atoms with Crippen LogP contribution in [0.2, 0.25) is 0 Å². The van der Waals surface area contributed by atoms with Crippen LogP contribution in [0.3, 0.4) is 0 Å². The summed E-state index contributed by atoms with van der Waals surface area (Å²) >= 11 is 0. The largest absolute Gasteiger partial charge is 0.497 e. The molecular weight excluding hydrogens is 314 g/mol. The van der Waals surface area contributed by atoms with E-state index in [4.69, 9.17) is 4.74 Å². The Kier molecular flexibility index (Phi) is 6.95. The molecular formula is C20H27N3O2. The van der Waals surface area contributed by atoms with Crippen LogP contribution in [-0.4, -0.2) is 24.5 Å². The van der Waals surface area contributed by atoms with Gasteiger partial charge in [-0.05, 0) is 42.2 Å². The number of hydrogen-bond donors (Lipinski definition) is 2. The van der Waals surface area contributed by atoms with Crippen molar-refractivity contribution in [3.63, 3.8) is 0 Å². The van der Waals surface area contributed by atoms with Crippen molar-refractivity contribution >= 4 is 5.91 Å². The van der Waals surface area contributed by atoms with Gasteiger partial charge in [0.1, 0.15) is 5.75 Å². The van der Waals surface area contributed by atoms with E-state index < -0.39 is 0 Å². The lowest BCUT2D eigenvalue weighted by Gasteiger charge is -2.23. The minimum Gasteiger partial charge on any atom is -0.497 e. The van der Waals surface area contributed by atoms with Gasteiger partial charge in [0.2, 0.25) is 5.91 Å².